The van der Waals surface area contributed by atoms with Gasteiger partial charge in [-0.1, -0.05) is 18.2 Å². The molecule has 0 aliphatic carbocycles. The first-order chi connectivity index (χ1) is 11.8. The van der Waals surface area contributed by atoms with Gasteiger partial charge in [0.15, 0.2) is 0 Å². The van der Waals surface area contributed by atoms with Crippen LogP contribution in [0.25, 0.3) is 11.3 Å². The van der Waals surface area contributed by atoms with E-state index < -0.39 is 0 Å². The Hall–Kier alpha value is -3.48. The molecule has 7 nitrogen and oxygen atoms in total. The molecule has 1 amide bonds. The first kappa shape index (κ1) is 15.4. The van der Waals surface area contributed by atoms with E-state index in [1.165, 1.54) is 6.21 Å². The molecule has 24 heavy (non-hydrogen) atoms. The van der Waals surface area contributed by atoms with Gasteiger partial charge < -0.3 is 4.74 Å². The molecule has 0 unspecified atom stereocenters. The molecule has 3 rings (SSSR count). The van der Waals surface area contributed by atoms with Crippen LogP contribution >= 0.6 is 0 Å². The zero-order valence-electron chi connectivity index (χ0n) is 12.9. The van der Waals surface area contributed by atoms with Crippen LogP contribution in [0.3, 0.4) is 0 Å². The second kappa shape index (κ2) is 7.19. The lowest BCUT2D eigenvalue weighted by molar-refractivity contribution is 0.0950. The van der Waals surface area contributed by atoms with Crippen molar-refractivity contribution in [3.05, 3.63) is 66.1 Å². The molecule has 0 radical (unpaired) electrons. The summed E-state index contributed by atoms with van der Waals surface area (Å²) in [7, 11) is 1.59. The van der Waals surface area contributed by atoms with Crippen molar-refractivity contribution in [3.63, 3.8) is 0 Å². The molecule has 7 heteroatoms. The molecule has 2 N–H and O–H groups in total. The zero-order valence-corrected chi connectivity index (χ0v) is 12.9. The molecule has 2 heterocycles. The summed E-state index contributed by atoms with van der Waals surface area (Å²) < 4.78 is 5.30. The van der Waals surface area contributed by atoms with Crippen molar-refractivity contribution in [2.24, 2.45) is 5.10 Å². The van der Waals surface area contributed by atoms with Crippen LogP contribution in [0.4, 0.5) is 0 Å². The number of aromatic nitrogens is 3. The standard InChI is InChI=1S/C17H15N5O2/c1-24-16-7-3-2-6-13(16)14-9-15(21-20-14)17(23)22-19-11-12-5-4-8-18-10-12/h2-11H,1H3,(H,20,21)(H,22,23)/b19-11-. The lowest BCUT2D eigenvalue weighted by Crippen LogP contribution is -2.18. The number of methoxy groups -OCH3 is 1. The normalized spacial score (nSPS) is 10.7. The Morgan fingerprint density at radius 1 is 1.29 bits per heavy atom. The van der Waals surface area contributed by atoms with Gasteiger partial charge in [-0.05, 0) is 24.3 Å². The maximum absolute atomic E-state index is 12.1. The number of hydrogen-bond acceptors (Lipinski definition) is 5. The molecule has 0 atom stereocenters. The maximum atomic E-state index is 12.1. The van der Waals surface area contributed by atoms with Gasteiger partial charge in [-0.25, -0.2) is 5.43 Å². The number of aromatic amines is 1. The number of nitrogens with zero attached hydrogens (tertiary/aromatic N) is 3. The number of carbonyl (C=O) groups is 1. The summed E-state index contributed by atoms with van der Waals surface area (Å²) in [5.41, 5.74) is 4.95. The van der Waals surface area contributed by atoms with E-state index in [1.807, 2.05) is 30.3 Å². The van der Waals surface area contributed by atoms with Gasteiger partial charge >= 0.3 is 0 Å². The highest BCUT2D eigenvalue weighted by Gasteiger charge is 2.13. The zero-order chi connectivity index (χ0) is 16.8. The van der Waals surface area contributed by atoms with Crippen LogP contribution in [0.15, 0.2) is 60.0 Å². The van der Waals surface area contributed by atoms with E-state index in [9.17, 15) is 4.79 Å². The van der Waals surface area contributed by atoms with Crippen LogP contribution in [-0.4, -0.2) is 34.4 Å². The summed E-state index contributed by atoms with van der Waals surface area (Å²) in [6, 6.07) is 12.7. The van der Waals surface area contributed by atoms with Gasteiger partial charge in [0.25, 0.3) is 5.91 Å². The molecule has 3 aromatic rings. The Kier molecular flexibility index (Phi) is 4.62. The molecule has 2 aromatic heterocycles. The van der Waals surface area contributed by atoms with Crippen molar-refractivity contribution in [2.45, 2.75) is 0 Å². The largest absolute Gasteiger partial charge is 0.496 e. The van der Waals surface area contributed by atoms with Crippen LogP contribution in [0.2, 0.25) is 0 Å². The SMILES string of the molecule is COc1ccccc1-c1cc(C(=O)N/N=C\c2cccnc2)[nH]n1. The quantitative estimate of drug-likeness (QED) is 0.557. The molecular weight excluding hydrogens is 306 g/mol. The summed E-state index contributed by atoms with van der Waals surface area (Å²) in [6.07, 6.45) is 4.83. The highest BCUT2D eigenvalue weighted by atomic mass is 16.5. The summed E-state index contributed by atoms with van der Waals surface area (Å²) in [5.74, 6) is 0.300. The highest BCUT2D eigenvalue weighted by molar-refractivity contribution is 5.94. The van der Waals surface area contributed by atoms with Crippen molar-refractivity contribution in [1.82, 2.24) is 20.6 Å². The molecule has 120 valence electrons. The number of hydrogen-bond donors (Lipinski definition) is 2. The Bertz CT molecular complexity index is 858. The summed E-state index contributed by atoms with van der Waals surface area (Å²) in [4.78, 5) is 16.1. The molecule has 0 spiro atoms. The van der Waals surface area contributed by atoms with Crippen LogP contribution in [-0.2, 0) is 0 Å². The third kappa shape index (κ3) is 3.46. The predicted octanol–water partition coefficient (Wildman–Crippen LogP) is 2.24. The summed E-state index contributed by atoms with van der Waals surface area (Å²) in [6.45, 7) is 0. The van der Waals surface area contributed by atoms with Gasteiger partial charge in [0.05, 0.1) is 19.0 Å². The van der Waals surface area contributed by atoms with Gasteiger partial charge in [-0.3, -0.25) is 14.9 Å². The number of pyridine rings is 1. The van der Waals surface area contributed by atoms with E-state index >= 15 is 0 Å². The molecule has 0 bridgehead atoms. The third-order valence-electron chi connectivity index (χ3n) is 3.27. The number of ether oxygens (including phenoxy) is 1. The van der Waals surface area contributed by atoms with E-state index in [0.29, 0.717) is 17.1 Å². The van der Waals surface area contributed by atoms with Crippen LogP contribution in [0, 0.1) is 0 Å². The monoisotopic (exact) mass is 321 g/mol. The number of nitrogens with one attached hydrogen (secondary N) is 2. The lowest BCUT2D eigenvalue weighted by atomic mass is 10.1. The minimum Gasteiger partial charge on any atom is -0.496 e. The number of para-hydroxylation sites is 1. The molecule has 0 fully saturated rings. The van der Waals surface area contributed by atoms with Crippen molar-refractivity contribution >= 4 is 12.1 Å². The number of amides is 1. The van der Waals surface area contributed by atoms with E-state index in [2.05, 4.69) is 25.7 Å². The fourth-order valence-electron chi connectivity index (χ4n) is 2.11. The van der Waals surface area contributed by atoms with Crippen LogP contribution in [0.1, 0.15) is 16.1 Å². The van der Waals surface area contributed by atoms with Gasteiger partial charge in [0.1, 0.15) is 11.4 Å². The highest BCUT2D eigenvalue weighted by Crippen LogP contribution is 2.28. The number of benzene rings is 1. The van der Waals surface area contributed by atoms with Crippen molar-refractivity contribution in [3.8, 4) is 17.0 Å². The molecular formula is C17H15N5O2. The summed E-state index contributed by atoms with van der Waals surface area (Å²) in [5, 5.41) is 10.8. The minimum atomic E-state index is -0.385. The van der Waals surface area contributed by atoms with E-state index in [4.69, 9.17) is 4.74 Å². The van der Waals surface area contributed by atoms with Crippen molar-refractivity contribution < 1.29 is 9.53 Å². The molecule has 1 aromatic carbocycles. The first-order valence-electron chi connectivity index (χ1n) is 7.20. The smallest absolute Gasteiger partial charge is 0.289 e. The second-order valence-corrected chi connectivity index (χ2v) is 4.85. The van der Waals surface area contributed by atoms with Crippen LogP contribution in [0.5, 0.6) is 5.75 Å². The lowest BCUT2D eigenvalue weighted by Gasteiger charge is -2.04. The van der Waals surface area contributed by atoms with Gasteiger partial charge in [0, 0.05) is 23.5 Å². The molecule has 0 saturated carbocycles. The molecule has 0 aliphatic heterocycles. The first-order valence-corrected chi connectivity index (χ1v) is 7.20. The van der Waals surface area contributed by atoms with Gasteiger partial charge in [-0.2, -0.15) is 10.2 Å². The van der Waals surface area contributed by atoms with Gasteiger partial charge in [-0.15, -0.1) is 0 Å². The van der Waals surface area contributed by atoms with Crippen molar-refractivity contribution in [1.29, 1.82) is 0 Å². The fraction of sp³-hybridized carbons (Fsp3) is 0.0588. The molecule has 0 saturated heterocycles. The fourth-order valence-corrected chi connectivity index (χ4v) is 2.11. The average Bonchev–Trinajstić information content (AvgIpc) is 3.12. The Morgan fingerprint density at radius 2 is 2.17 bits per heavy atom. The Morgan fingerprint density at radius 3 is 2.96 bits per heavy atom. The third-order valence-corrected chi connectivity index (χ3v) is 3.27. The van der Waals surface area contributed by atoms with Gasteiger partial charge in [0.2, 0.25) is 0 Å². The number of H-pyrrole nitrogens is 1. The van der Waals surface area contributed by atoms with Crippen molar-refractivity contribution in [2.75, 3.05) is 7.11 Å². The average molecular weight is 321 g/mol. The summed E-state index contributed by atoms with van der Waals surface area (Å²) >= 11 is 0. The molecule has 0 aliphatic rings. The Balaban J connectivity index is 1.71. The minimum absolute atomic E-state index is 0.305. The second-order valence-electron chi connectivity index (χ2n) is 4.85. The Labute approximate surface area is 138 Å². The predicted molar refractivity (Wildman–Crippen MR) is 89.9 cm³/mol. The van der Waals surface area contributed by atoms with E-state index in [0.717, 1.165) is 11.1 Å². The number of rotatable bonds is 5. The van der Waals surface area contributed by atoms with E-state index in [1.54, 1.807) is 31.6 Å². The number of carbonyl (C=O) groups excluding carboxylic acids is 1. The maximum Gasteiger partial charge on any atom is 0.289 e. The number of hydrazone groups is 1. The van der Waals surface area contributed by atoms with E-state index in [-0.39, 0.29) is 5.91 Å². The topological polar surface area (TPSA) is 92.3 Å². The van der Waals surface area contributed by atoms with Crippen LogP contribution < -0.4 is 10.2 Å².